The second kappa shape index (κ2) is 8.22. The van der Waals surface area contributed by atoms with Gasteiger partial charge >= 0.3 is 0 Å². The highest BCUT2D eigenvalue weighted by Crippen LogP contribution is 2.30. The van der Waals surface area contributed by atoms with Crippen LogP contribution in [0.3, 0.4) is 0 Å². The summed E-state index contributed by atoms with van der Waals surface area (Å²) >= 11 is 6.80. The van der Waals surface area contributed by atoms with Crippen LogP contribution in [0.2, 0.25) is 0 Å². The standard InChI is InChI=1S/C20H20N4O2S2/c1-13-4-2-3-5-15(13)18(25)22-19(27)23-20-21-16-7-6-14(12-17(16)28-20)24-8-10-26-11-9-24/h2-7,12H,8-11H2,1H3,(H2,21,22,23,25,27). The van der Waals surface area contributed by atoms with Gasteiger partial charge in [-0.3, -0.25) is 10.1 Å². The van der Waals surface area contributed by atoms with E-state index in [1.165, 1.54) is 17.0 Å². The Bertz CT molecular complexity index is 1030. The number of amides is 1. The number of morpholine rings is 1. The number of hydrogen-bond donors (Lipinski definition) is 2. The molecular formula is C20H20N4O2S2. The van der Waals surface area contributed by atoms with Gasteiger partial charge in [-0.2, -0.15) is 0 Å². The number of aromatic nitrogens is 1. The topological polar surface area (TPSA) is 66.5 Å². The number of nitrogens with zero attached hydrogens (tertiary/aromatic N) is 2. The van der Waals surface area contributed by atoms with Gasteiger partial charge < -0.3 is 15.0 Å². The number of rotatable bonds is 3. The molecule has 4 rings (SSSR count). The van der Waals surface area contributed by atoms with E-state index in [2.05, 4.69) is 32.7 Å². The molecule has 0 unspecified atom stereocenters. The van der Waals surface area contributed by atoms with Crippen molar-refractivity contribution >= 4 is 55.6 Å². The van der Waals surface area contributed by atoms with Gasteiger partial charge in [-0.15, -0.1) is 0 Å². The van der Waals surface area contributed by atoms with Crippen molar-refractivity contribution in [2.45, 2.75) is 6.92 Å². The quantitative estimate of drug-likeness (QED) is 0.641. The molecule has 1 saturated heterocycles. The highest BCUT2D eigenvalue weighted by atomic mass is 32.1. The molecule has 1 aliphatic rings. The molecule has 1 aromatic heterocycles. The Morgan fingerprint density at radius 3 is 2.79 bits per heavy atom. The van der Waals surface area contributed by atoms with Crippen molar-refractivity contribution in [2.75, 3.05) is 36.5 Å². The Hall–Kier alpha value is -2.55. The van der Waals surface area contributed by atoms with Crippen LogP contribution in [-0.2, 0) is 4.74 Å². The molecule has 0 atom stereocenters. The second-order valence-corrected chi connectivity index (χ2v) is 7.93. The Morgan fingerprint density at radius 2 is 2.00 bits per heavy atom. The van der Waals surface area contributed by atoms with Crippen LogP contribution in [0.1, 0.15) is 15.9 Å². The first-order valence-corrected chi connectivity index (χ1v) is 10.2. The van der Waals surface area contributed by atoms with Crippen molar-refractivity contribution in [1.29, 1.82) is 0 Å². The van der Waals surface area contributed by atoms with Gasteiger partial charge in [-0.1, -0.05) is 29.5 Å². The number of hydrogen-bond acceptors (Lipinski definition) is 6. The lowest BCUT2D eigenvalue weighted by Crippen LogP contribution is -2.36. The third kappa shape index (κ3) is 4.14. The van der Waals surface area contributed by atoms with E-state index in [9.17, 15) is 4.79 Å². The average molecular weight is 413 g/mol. The first-order chi connectivity index (χ1) is 13.6. The van der Waals surface area contributed by atoms with Gasteiger partial charge in [0.05, 0.1) is 23.4 Å². The molecule has 0 spiro atoms. The minimum Gasteiger partial charge on any atom is -0.378 e. The Labute approximate surface area is 172 Å². The van der Waals surface area contributed by atoms with E-state index in [0.29, 0.717) is 10.7 Å². The van der Waals surface area contributed by atoms with Crippen molar-refractivity contribution in [2.24, 2.45) is 0 Å². The van der Waals surface area contributed by atoms with Crippen molar-refractivity contribution in [3.05, 3.63) is 53.6 Å². The van der Waals surface area contributed by atoms with E-state index < -0.39 is 0 Å². The number of nitrogens with one attached hydrogen (secondary N) is 2. The maximum absolute atomic E-state index is 12.4. The fourth-order valence-corrected chi connectivity index (χ4v) is 4.27. The average Bonchev–Trinajstić information content (AvgIpc) is 3.10. The van der Waals surface area contributed by atoms with Gasteiger partial charge in [-0.05, 0) is 49.0 Å². The van der Waals surface area contributed by atoms with E-state index in [1.807, 2.05) is 31.2 Å². The number of ether oxygens (including phenoxy) is 1. The number of thiocarbonyl (C=S) groups is 1. The number of aryl methyl sites for hydroxylation is 1. The van der Waals surface area contributed by atoms with Gasteiger partial charge in [0.2, 0.25) is 0 Å². The molecule has 6 nitrogen and oxygen atoms in total. The predicted octanol–water partition coefficient (Wildman–Crippen LogP) is 3.57. The summed E-state index contributed by atoms with van der Waals surface area (Å²) in [7, 11) is 0. The fourth-order valence-electron chi connectivity index (χ4n) is 3.11. The van der Waals surface area contributed by atoms with Gasteiger partial charge in [0.1, 0.15) is 0 Å². The molecule has 3 aromatic rings. The van der Waals surface area contributed by atoms with Crippen LogP contribution >= 0.6 is 23.6 Å². The SMILES string of the molecule is Cc1ccccc1C(=O)NC(=S)Nc1nc2ccc(N3CCOCC3)cc2s1. The highest BCUT2D eigenvalue weighted by Gasteiger charge is 2.14. The molecule has 1 aliphatic heterocycles. The van der Waals surface area contributed by atoms with Crippen molar-refractivity contribution in [1.82, 2.24) is 10.3 Å². The fraction of sp³-hybridized carbons (Fsp3) is 0.250. The number of thiazole rings is 1. The first-order valence-electron chi connectivity index (χ1n) is 9.01. The van der Waals surface area contributed by atoms with Crippen LogP contribution in [0, 0.1) is 6.92 Å². The summed E-state index contributed by atoms with van der Waals surface area (Å²) in [6.07, 6.45) is 0. The van der Waals surface area contributed by atoms with Crippen LogP contribution in [0.25, 0.3) is 10.2 Å². The molecule has 1 fully saturated rings. The van der Waals surface area contributed by atoms with E-state index in [-0.39, 0.29) is 11.0 Å². The first kappa shape index (κ1) is 18.8. The zero-order valence-electron chi connectivity index (χ0n) is 15.4. The molecule has 28 heavy (non-hydrogen) atoms. The molecule has 0 radical (unpaired) electrons. The molecule has 2 heterocycles. The number of benzene rings is 2. The lowest BCUT2D eigenvalue weighted by molar-refractivity contribution is 0.0977. The van der Waals surface area contributed by atoms with Crippen LogP contribution < -0.4 is 15.5 Å². The van der Waals surface area contributed by atoms with Crippen LogP contribution in [0.4, 0.5) is 10.8 Å². The normalized spacial score (nSPS) is 14.1. The van der Waals surface area contributed by atoms with Crippen LogP contribution in [-0.4, -0.2) is 42.3 Å². The van der Waals surface area contributed by atoms with Gasteiger partial charge in [0, 0.05) is 24.3 Å². The summed E-state index contributed by atoms with van der Waals surface area (Å²) in [5.74, 6) is -0.230. The summed E-state index contributed by atoms with van der Waals surface area (Å²) < 4.78 is 6.49. The van der Waals surface area contributed by atoms with E-state index in [4.69, 9.17) is 17.0 Å². The second-order valence-electron chi connectivity index (χ2n) is 6.49. The largest absolute Gasteiger partial charge is 0.378 e. The van der Waals surface area contributed by atoms with E-state index >= 15 is 0 Å². The number of fused-ring (bicyclic) bond motifs is 1. The molecule has 8 heteroatoms. The minimum atomic E-state index is -0.230. The molecule has 144 valence electrons. The Balaban J connectivity index is 1.44. The lowest BCUT2D eigenvalue weighted by Gasteiger charge is -2.28. The van der Waals surface area contributed by atoms with Crippen LogP contribution in [0.5, 0.6) is 0 Å². The summed E-state index contributed by atoms with van der Waals surface area (Å²) in [6, 6.07) is 13.6. The van der Waals surface area contributed by atoms with Gasteiger partial charge in [0.25, 0.3) is 5.91 Å². The Kier molecular flexibility index (Phi) is 5.52. The molecular weight excluding hydrogens is 392 g/mol. The molecule has 0 aliphatic carbocycles. The summed E-state index contributed by atoms with van der Waals surface area (Å²) in [4.78, 5) is 19.3. The monoisotopic (exact) mass is 412 g/mol. The Morgan fingerprint density at radius 1 is 1.21 bits per heavy atom. The van der Waals surface area contributed by atoms with E-state index in [1.54, 1.807) is 6.07 Å². The molecule has 2 aromatic carbocycles. The zero-order valence-corrected chi connectivity index (χ0v) is 17.0. The third-order valence-corrected chi connectivity index (χ3v) is 5.72. The van der Waals surface area contributed by atoms with Gasteiger partial charge in [-0.25, -0.2) is 4.98 Å². The molecule has 0 saturated carbocycles. The molecule has 0 bridgehead atoms. The van der Waals surface area contributed by atoms with Crippen molar-refractivity contribution in [3.8, 4) is 0 Å². The molecule has 1 amide bonds. The summed E-state index contributed by atoms with van der Waals surface area (Å²) in [6.45, 7) is 5.19. The summed E-state index contributed by atoms with van der Waals surface area (Å²) in [5, 5.41) is 6.64. The number of carbonyl (C=O) groups is 1. The molecule has 2 N–H and O–H groups in total. The lowest BCUT2D eigenvalue weighted by atomic mass is 10.1. The zero-order chi connectivity index (χ0) is 19.5. The maximum atomic E-state index is 12.4. The van der Waals surface area contributed by atoms with Gasteiger partial charge in [0.15, 0.2) is 10.2 Å². The smallest absolute Gasteiger partial charge is 0.257 e. The minimum absolute atomic E-state index is 0.230. The van der Waals surface area contributed by atoms with E-state index in [0.717, 1.165) is 42.1 Å². The maximum Gasteiger partial charge on any atom is 0.257 e. The van der Waals surface area contributed by atoms with Crippen molar-refractivity contribution < 1.29 is 9.53 Å². The van der Waals surface area contributed by atoms with Crippen molar-refractivity contribution in [3.63, 3.8) is 0 Å². The predicted molar refractivity (Wildman–Crippen MR) is 118 cm³/mol. The highest BCUT2D eigenvalue weighted by molar-refractivity contribution is 7.80. The third-order valence-electron chi connectivity index (χ3n) is 4.59. The van der Waals surface area contributed by atoms with Crippen LogP contribution in [0.15, 0.2) is 42.5 Å². The number of carbonyl (C=O) groups excluding carboxylic acids is 1. The summed E-state index contributed by atoms with van der Waals surface area (Å²) in [5.41, 5.74) is 3.57. The number of anilines is 2.